The van der Waals surface area contributed by atoms with Gasteiger partial charge < -0.3 is 10.6 Å². The molecule has 2 heterocycles. The Kier molecular flexibility index (Phi) is 4.94. The number of rotatable bonds is 4. The zero-order valence-corrected chi connectivity index (χ0v) is 12.6. The molecule has 3 fully saturated rings. The third-order valence-electron chi connectivity index (χ3n) is 5.41. The summed E-state index contributed by atoms with van der Waals surface area (Å²) in [6.45, 7) is 4.25. The van der Waals surface area contributed by atoms with Crippen molar-refractivity contribution in [1.29, 1.82) is 0 Å². The highest BCUT2D eigenvalue weighted by Gasteiger charge is 2.35. The van der Waals surface area contributed by atoms with E-state index in [0.29, 0.717) is 11.9 Å². The first-order valence-electron chi connectivity index (χ1n) is 8.59. The quantitative estimate of drug-likeness (QED) is 0.820. The van der Waals surface area contributed by atoms with Crippen molar-refractivity contribution in [2.75, 3.05) is 26.2 Å². The minimum absolute atomic E-state index is 0.152. The number of nitrogens with zero attached hydrogens (tertiary/aromatic N) is 1. The predicted molar refractivity (Wildman–Crippen MR) is 80.6 cm³/mol. The Morgan fingerprint density at radius 2 is 1.80 bits per heavy atom. The van der Waals surface area contributed by atoms with Gasteiger partial charge in [0.15, 0.2) is 0 Å². The topological polar surface area (TPSA) is 44.4 Å². The van der Waals surface area contributed by atoms with E-state index in [9.17, 15) is 4.79 Å². The van der Waals surface area contributed by atoms with Crippen LogP contribution in [0.3, 0.4) is 0 Å². The highest BCUT2D eigenvalue weighted by atomic mass is 16.2. The Morgan fingerprint density at radius 3 is 2.55 bits per heavy atom. The van der Waals surface area contributed by atoms with Crippen molar-refractivity contribution in [2.45, 2.75) is 63.5 Å². The summed E-state index contributed by atoms with van der Waals surface area (Å²) in [5.41, 5.74) is 0. The van der Waals surface area contributed by atoms with Crippen LogP contribution in [0.2, 0.25) is 0 Å². The second-order valence-electron chi connectivity index (χ2n) is 6.77. The SMILES string of the molecule is O=C(NCC1CCCC1)C1CCCN1C1CCNCC1. The van der Waals surface area contributed by atoms with Crippen molar-refractivity contribution in [3.05, 3.63) is 0 Å². The maximum absolute atomic E-state index is 12.5. The molecule has 2 N–H and O–H groups in total. The van der Waals surface area contributed by atoms with Gasteiger partial charge in [0, 0.05) is 12.6 Å². The summed E-state index contributed by atoms with van der Waals surface area (Å²) in [4.78, 5) is 15.0. The number of hydrogen-bond acceptors (Lipinski definition) is 3. The van der Waals surface area contributed by atoms with Crippen LogP contribution < -0.4 is 10.6 Å². The Hall–Kier alpha value is -0.610. The summed E-state index contributed by atoms with van der Waals surface area (Å²) in [5, 5.41) is 6.66. The van der Waals surface area contributed by atoms with Crippen LogP contribution in [0, 0.1) is 5.92 Å². The van der Waals surface area contributed by atoms with Gasteiger partial charge in [-0.05, 0) is 64.1 Å². The van der Waals surface area contributed by atoms with Crippen LogP contribution in [0.5, 0.6) is 0 Å². The summed E-state index contributed by atoms with van der Waals surface area (Å²) in [7, 11) is 0. The molecule has 2 aliphatic heterocycles. The lowest BCUT2D eigenvalue weighted by Gasteiger charge is -2.35. The van der Waals surface area contributed by atoms with Crippen LogP contribution in [0.25, 0.3) is 0 Å². The molecule has 0 aromatic heterocycles. The summed E-state index contributed by atoms with van der Waals surface area (Å²) in [5.74, 6) is 1.04. The molecule has 114 valence electrons. The first-order chi connectivity index (χ1) is 9.84. The number of nitrogens with one attached hydrogen (secondary N) is 2. The van der Waals surface area contributed by atoms with Crippen molar-refractivity contribution in [3.8, 4) is 0 Å². The molecule has 0 aromatic carbocycles. The summed E-state index contributed by atoms with van der Waals surface area (Å²) in [6, 6.07) is 0.778. The predicted octanol–water partition coefficient (Wildman–Crippen LogP) is 1.51. The Labute approximate surface area is 122 Å². The van der Waals surface area contributed by atoms with Crippen molar-refractivity contribution in [1.82, 2.24) is 15.5 Å². The van der Waals surface area contributed by atoms with Crippen LogP contribution >= 0.6 is 0 Å². The minimum atomic E-state index is 0.152. The average molecular weight is 279 g/mol. The molecule has 3 aliphatic rings. The monoisotopic (exact) mass is 279 g/mol. The van der Waals surface area contributed by atoms with Gasteiger partial charge in [0.1, 0.15) is 0 Å². The molecule has 1 amide bonds. The van der Waals surface area contributed by atoms with E-state index in [-0.39, 0.29) is 6.04 Å². The van der Waals surface area contributed by atoms with Gasteiger partial charge in [-0.15, -0.1) is 0 Å². The average Bonchev–Trinajstić information content (AvgIpc) is 3.17. The molecular formula is C16H29N3O. The molecule has 1 atom stereocenters. The van der Waals surface area contributed by atoms with Gasteiger partial charge in [0.05, 0.1) is 6.04 Å². The second kappa shape index (κ2) is 6.90. The summed E-state index contributed by atoms with van der Waals surface area (Å²) < 4.78 is 0. The van der Waals surface area contributed by atoms with Gasteiger partial charge in [-0.2, -0.15) is 0 Å². The van der Waals surface area contributed by atoms with E-state index >= 15 is 0 Å². The standard InChI is InChI=1S/C16H29N3O/c20-16(18-12-13-4-1-2-5-13)15-6-3-11-19(15)14-7-9-17-10-8-14/h13-15,17H,1-12H2,(H,18,20). The van der Waals surface area contributed by atoms with Gasteiger partial charge in [0.2, 0.25) is 5.91 Å². The third kappa shape index (κ3) is 3.34. The molecule has 0 radical (unpaired) electrons. The van der Waals surface area contributed by atoms with Gasteiger partial charge in [-0.1, -0.05) is 12.8 Å². The van der Waals surface area contributed by atoms with Crippen molar-refractivity contribution in [2.24, 2.45) is 5.92 Å². The molecule has 4 heteroatoms. The smallest absolute Gasteiger partial charge is 0.237 e. The van der Waals surface area contributed by atoms with E-state index in [1.54, 1.807) is 0 Å². The molecule has 3 rings (SSSR count). The van der Waals surface area contributed by atoms with E-state index in [1.807, 2.05) is 0 Å². The Morgan fingerprint density at radius 1 is 1.05 bits per heavy atom. The fourth-order valence-corrected chi connectivity index (χ4v) is 4.22. The number of amides is 1. The highest BCUT2D eigenvalue weighted by molar-refractivity contribution is 5.82. The number of likely N-dealkylation sites (tertiary alicyclic amines) is 1. The van der Waals surface area contributed by atoms with Crippen LogP contribution in [0.15, 0.2) is 0 Å². The molecule has 1 saturated carbocycles. The molecule has 2 saturated heterocycles. The lowest BCUT2D eigenvalue weighted by molar-refractivity contribution is -0.126. The van der Waals surface area contributed by atoms with Crippen LogP contribution in [-0.2, 0) is 4.79 Å². The van der Waals surface area contributed by atoms with Crippen LogP contribution in [0.4, 0.5) is 0 Å². The number of carbonyl (C=O) groups excluding carboxylic acids is 1. The van der Waals surface area contributed by atoms with Gasteiger partial charge in [-0.25, -0.2) is 0 Å². The highest BCUT2D eigenvalue weighted by Crippen LogP contribution is 2.26. The van der Waals surface area contributed by atoms with E-state index < -0.39 is 0 Å². The lowest BCUT2D eigenvalue weighted by atomic mass is 10.0. The fraction of sp³-hybridized carbons (Fsp3) is 0.938. The zero-order chi connectivity index (χ0) is 13.8. The number of carbonyl (C=O) groups is 1. The first kappa shape index (κ1) is 14.3. The first-order valence-corrected chi connectivity index (χ1v) is 8.59. The molecular weight excluding hydrogens is 250 g/mol. The van der Waals surface area contributed by atoms with E-state index in [4.69, 9.17) is 0 Å². The van der Waals surface area contributed by atoms with E-state index in [0.717, 1.165) is 38.5 Å². The van der Waals surface area contributed by atoms with Gasteiger partial charge in [0.25, 0.3) is 0 Å². The summed E-state index contributed by atoms with van der Waals surface area (Å²) in [6.07, 6.45) is 9.97. The number of hydrogen-bond donors (Lipinski definition) is 2. The Bertz CT molecular complexity index is 322. The van der Waals surface area contributed by atoms with Crippen molar-refractivity contribution < 1.29 is 4.79 Å². The maximum Gasteiger partial charge on any atom is 0.237 e. The molecule has 20 heavy (non-hydrogen) atoms. The molecule has 0 spiro atoms. The lowest BCUT2D eigenvalue weighted by Crippen LogP contribution is -2.51. The van der Waals surface area contributed by atoms with Gasteiger partial charge in [-0.3, -0.25) is 9.69 Å². The third-order valence-corrected chi connectivity index (χ3v) is 5.41. The largest absolute Gasteiger partial charge is 0.354 e. The molecule has 4 nitrogen and oxygen atoms in total. The molecule has 1 unspecified atom stereocenters. The summed E-state index contributed by atoms with van der Waals surface area (Å²) >= 11 is 0. The normalized spacial score (nSPS) is 29.9. The fourth-order valence-electron chi connectivity index (χ4n) is 4.22. The van der Waals surface area contributed by atoms with Crippen LogP contribution in [0.1, 0.15) is 51.4 Å². The zero-order valence-electron chi connectivity index (χ0n) is 12.6. The molecule has 1 aliphatic carbocycles. The van der Waals surface area contributed by atoms with Crippen molar-refractivity contribution >= 4 is 5.91 Å². The van der Waals surface area contributed by atoms with E-state index in [2.05, 4.69) is 15.5 Å². The molecule has 0 bridgehead atoms. The van der Waals surface area contributed by atoms with Crippen molar-refractivity contribution in [3.63, 3.8) is 0 Å². The number of piperidine rings is 1. The minimum Gasteiger partial charge on any atom is -0.354 e. The second-order valence-corrected chi connectivity index (χ2v) is 6.77. The maximum atomic E-state index is 12.5. The van der Waals surface area contributed by atoms with Gasteiger partial charge >= 0.3 is 0 Å². The Balaban J connectivity index is 1.49. The van der Waals surface area contributed by atoms with E-state index in [1.165, 1.54) is 44.9 Å². The molecule has 0 aromatic rings. The van der Waals surface area contributed by atoms with Crippen LogP contribution in [-0.4, -0.2) is 49.1 Å².